The summed E-state index contributed by atoms with van der Waals surface area (Å²) in [6.45, 7) is 0. The summed E-state index contributed by atoms with van der Waals surface area (Å²) in [7, 11) is 0. The zero-order valence-electron chi connectivity index (χ0n) is 14.6. The molecule has 0 unspecified atom stereocenters. The van der Waals surface area contributed by atoms with E-state index in [9.17, 15) is 4.79 Å². The Balaban J connectivity index is 1.42. The lowest BCUT2D eigenvalue weighted by Crippen LogP contribution is -2.22. The summed E-state index contributed by atoms with van der Waals surface area (Å²) in [5.74, 6) is 0.652. The monoisotopic (exact) mass is 346 g/mol. The van der Waals surface area contributed by atoms with Crippen LogP contribution in [-0.4, -0.2) is 21.9 Å². The van der Waals surface area contributed by atoms with E-state index in [1.54, 1.807) is 12.4 Å². The Bertz CT molecular complexity index is 901. The van der Waals surface area contributed by atoms with Crippen LogP contribution in [0.1, 0.15) is 42.5 Å². The molecular weight excluding hydrogens is 324 g/mol. The molecule has 0 spiro atoms. The van der Waals surface area contributed by atoms with Crippen molar-refractivity contribution in [2.45, 2.75) is 38.1 Å². The van der Waals surface area contributed by atoms with Crippen molar-refractivity contribution in [2.75, 3.05) is 10.6 Å². The number of nitrogens with one attached hydrogen (secondary N) is 2. The largest absolute Gasteiger partial charge is 0.367 e. The Kier molecular flexibility index (Phi) is 4.78. The zero-order valence-corrected chi connectivity index (χ0v) is 14.6. The molecule has 1 aliphatic carbocycles. The second-order valence-corrected chi connectivity index (χ2v) is 6.78. The molecule has 1 aliphatic rings. The van der Waals surface area contributed by atoms with Gasteiger partial charge < -0.3 is 10.6 Å². The lowest BCUT2D eigenvalue weighted by atomic mass is 9.95. The standard InChI is InChI=1S/C21H22N4O/c26-21(25-18-12-15-6-4-5-9-19(15)22-14-18)16-10-11-20(23-13-16)24-17-7-2-1-3-8-17/h4-6,9-14,17H,1-3,7-8H2,(H,23,24)(H,25,26). The van der Waals surface area contributed by atoms with Crippen molar-refractivity contribution in [3.8, 4) is 0 Å². The number of hydrogen-bond donors (Lipinski definition) is 2. The predicted octanol–water partition coefficient (Wildman–Crippen LogP) is 4.63. The van der Waals surface area contributed by atoms with E-state index in [4.69, 9.17) is 0 Å². The maximum absolute atomic E-state index is 12.5. The minimum absolute atomic E-state index is 0.182. The lowest BCUT2D eigenvalue weighted by molar-refractivity contribution is 0.102. The van der Waals surface area contributed by atoms with E-state index >= 15 is 0 Å². The number of pyridine rings is 2. The first-order valence-electron chi connectivity index (χ1n) is 9.17. The first-order valence-corrected chi connectivity index (χ1v) is 9.17. The van der Waals surface area contributed by atoms with Crippen LogP contribution in [0, 0.1) is 0 Å². The van der Waals surface area contributed by atoms with Gasteiger partial charge in [-0.05, 0) is 37.1 Å². The minimum atomic E-state index is -0.182. The molecule has 1 aromatic carbocycles. The molecule has 1 fully saturated rings. The van der Waals surface area contributed by atoms with Crippen molar-refractivity contribution in [2.24, 2.45) is 0 Å². The summed E-state index contributed by atoms with van der Waals surface area (Å²) in [5, 5.41) is 7.35. The van der Waals surface area contributed by atoms with E-state index in [-0.39, 0.29) is 5.91 Å². The Morgan fingerprint density at radius 1 is 0.962 bits per heavy atom. The summed E-state index contributed by atoms with van der Waals surface area (Å²) in [4.78, 5) is 21.2. The molecule has 0 saturated heterocycles. The van der Waals surface area contributed by atoms with Crippen LogP contribution >= 0.6 is 0 Å². The molecule has 5 nitrogen and oxygen atoms in total. The van der Waals surface area contributed by atoms with Gasteiger partial charge >= 0.3 is 0 Å². The van der Waals surface area contributed by atoms with Crippen LogP contribution < -0.4 is 10.6 Å². The van der Waals surface area contributed by atoms with Crippen LogP contribution in [-0.2, 0) is 0 Å². The van der Waals surface area contributed by atoms with Crippen LogP contribution in [0.2, 0.25) is 0 Å². The molecule has 0 atom stereocenters. The van der Waals surface area contributed by atoms with Gasteiger partial charge in [0, 0.05) is 17.6 Å². The number of carbonyl (C=O) groups is 1. The molecule has 2 aromatic heterocycles. The van der Waals surface area contributed by atoms with Crippen molar-refractivity contribution in [1.29, 1.82) is 0 Å². The Hall–Kier alpha value is -2.95. The topological polar surface area (TPSA) is 66.9 Å². The number of hydrogen-bond acceptors (Lipinski definition) is 4. The summed E-state index contributed by atoms with van der Waals surface area (Å²) in [6, 6.07) is 13.9. The molecule has 1 amide bonds. The maximum atomic E-state index is 12.5. The number of para-hydroxylation sites is 1. The van der Waals surface area contributed by atoms with Crippen molar-refractivity contribution in [3.05, 3.63) is 60.4 Å². The number of nitrogens with zero attached hydrogens (tertiary/aromatic N) is 2. The third kappa shape index (κ3) is 3.82. The molecule has 132 valence electrons. The van der Waals surface area contributed by atoms with Gasteiger partial charge in [0.15, 0.2) is 0 Å². The molecule has 0 aliphatic heterocycles. The Morgan fingerprint density at radius 2 is 1.81 bits per heavy atom. The molecule has 4 rings (SSSR count). The molecule has 5 heteroatoms. The van der Waals surface area contributed by atoms with Crippen LogP contribution in [0.4, 0.5) is 11.5 Å². The molecule has 26 heavy (non-hydrogen) atoms. The van der Waals surface area contributed by atoms with Gasteiger partial charge in [0.25, 0.3) is 5.91 Å². The highest BCUT2D eigenvalue weighted by atomic mass is 16.1. The second kappa shape index (κ2) is 7.52. The lowest BCUT2D eigenvalue weighted by Gasteiger charge is -2.23. The number of anilines is 2. The van der Waals surface area contributed by atoms with E-state index in [1.165, 1.54) is 32.1 Å². The SMILES string of the molecule is O=C(Nc1cnc2ccccc2c1)c1ccc(NC2CCCCC2)nc1. The van der Waals surface area contributed by atoms with Crippen LogP contribution in [0.5, 0.6) is 0 Å². The molecule has 3 aromatic rings. The molecule has 0 radical (unpaired) electrons. The van der Waals surface area contributed by atoms with Gasteiger partial charge in [-0.15, -0.1) is 0 Å². The molecule has 0 bridgehead atoms. The third-order valence-electron chi connectivity index (χ3n) is 4.83. The van der Waals surface area contributed by atoms with Crippen molar-refractivity contribution >= 4 is 28.3 Å². The van der Waals surface area contributed by atoms with E-state index in [0.29, 0.717) is 17.3 Å². The first-order chi connectivity index (χ1) is 12.8. The van der Waals surface area contributed by atoms with E-state index in [1.807, 2.05) is 42.5 Å². The van der Waals surface area contributed by atoms with Crippen LogP contribution in [0.25, 0.3) is 10.9 Å². The highest BCUT2D eigenvalue weighted by molar-refractivity contribution is 6.04. The molecule has 2 heterocycles. The number of fused-ring (bicyclic) bond motifs is 1. The molecular formula is C21H22N4O. The van der Waals surface area contributed by atoms with E-state index < -0.39 is 0 Å². The van der Waals surface area contributed by atoms with Gasteiger partial charge in [-0.3, -0.25) is 9.78 Å². The predicted molar refractivity (Wildman–Crippen MR) is 104 cm³/mol. The summed E-state index contributed by atoms with van der Waals surface area (Å²) in [5.41, 5.74) is 2.12. The van der Waals surface area contributed by atoms with Crippen LogP contribution in [0.3, 0.4) is 0 Å². The highest BCUT2D eigenvalue weighted by Crippen LogP contribution is 2.21. The first kappa shape index (κ1) is 16.5. The zero-order chi connectivity index (χ0) is 17.8. The van der Waals surface area contributed by atoms with Gasteiger partial charge in [0.05, 0.1) is 23.0 Å². The molecule has 2 N–H and O–H groups in total. The fourth-order valence-electron chi connectivity index (χ4n) is 3.41. The summed E-state index contributed by atoms with van der Waals surface area (Å²) >= 11 is 0. The second-order valence-electron chi connectivity index (χ2n) is 6.78. The van der Waals surface area contributed by atoms with Crippen molar-refractivity contribution in [3.63, 3.8) is 0 Å². The van der Waals surface area contributed by atoms with E-state index in [2.05, 4.69) is 20.6 Å². The number of aromatic nitrogens is 2. The quantitative estimate of drug-likeness (QED) is 0.723. The normalized spacial score (nSPS) is 14.9. The number of carbonyl (C=O) groups excluding carboxylic acids is 1. The minimum Gasteiger partial charge on any atom is -0.367 e. The van der Waals surface area contributed by atoms with Crippen molar-refractivity contribution < 1.29 is 4.79 Å². The summed E-state index contributed by atoms with van der Waals surface area (Å²) in [6.07, 6.45) is 9.56. The number of rotatable bonds is 4. The smallest absolute Gasteiger partial charge is 0.257 e. The van der Waals surface area contributed by atoms with Crippen LogP contribution in [0.15, 0.2) is 54.9 Å². The fourth-order valence-corrected chi connectivity index (χ4v) is 3.41. The van der Waals surface area contributed by atoms with Gasteiger partial charge in [0.1, 0.15) is 5.82 Å². The fraction of sp³-hybridized carbons (Fsp3) is 0.286. The van der Waals surface area contributed by atoms with Gasteiger partial charge in [-0.2, -0.15) is 0 Å². The molecule has 1 saturated carbocycles. The maximum Gasteiger partial charge on any atom is 0.257 e. The van der Waals surface area contributed by atoms with E-state index in [0.717, 1.165) is 16.7 Å². The van der Waals surface area contributed by atoms with Crippen molar-refractivity contribution in [1.82, 2.24) is 9.97 Å². The average molecular weight is 346 g/mol. The third-order valence-corrected chi connectivity index (χ3v) is 4.83. The Labute approximate surface area is 152 Å². The number of benzene rings is 1. The van der Waals surface area contributed by atoms with Gasteiger partial charge in [0.2, 0.25) is 0 Å². The number of amides is 1. The van der Waals surface area contributed by atoms with Gasteiger partial charge in [-0.1, -0.05) is 37.5 Å². The summed E-state index contributed by atoms with van der Waals surface area (Å²) < 4.78 is 0. The Morgan fingerprint density at radius 3 is 2.62 bits per heavy atom. The van der Waals surface area contributed by atoms with Gasteiger partial charge in [-0.25, -0.2) is 4.98 Å². The average Bonchev–Trinajstić information content (AvgIpc) is 2.69. The highest BCUT2D eigenvalue weighted by Gasteiger charge is 2.14.